The van der Waals surface area contributed by atoms with Crippen LogP contribution in [0.4, 0.5) is 0 Å². The van der Waals surface area contributed by atoms with Gasteiger partial charge in [0.2, 0.25) is 0 Å². The van der Waals surface area contributed by atoms with Gasteiger partial charge in [-0.15, -0.1) is 0 Å². The summed E-state index contributed by atoms with van der Waals surface area (Å²) in [5, 5.41) is 0. The lowest BCUT2D eigenvalue weighted by molar-refractivity contribution is 0.365. The number of hydrogen-bond donors (Lipinski definition) is 0. The highest BCUT2D eigenvalue weighted by molar-refractivity contribution is 5.99. The number of rotatable bonds is 3. The average Bonchev–Trinajstić information content (AvgIpc) is 2.51. The van der Waals surface area contributed by atoms with Crippen molar-refractivity contribution in [2.24, 2.45) is 4.99 Å². The molecule has 1 aliphatic heterocycles. The van der Waals surface area contributed by atoms with Gasteiger partial charge in [0.15, 0.2) is 0 Å². The van der Waals surface area contributed by atoms with Crippen molar-refractivity contribution in [3.8, 4) is 0 Å². The van der Waals surface area contributed by atoms with Crippen LogP contribution in [-0.4, -0.2) is 23.3 Å². The second-order valence-corrected chi connectivity index (χ2v) is 5.86. The Balaban J connectivity index is 1.88. The van der Waals surface area contributed by atoms with Gasteiger partial charge in [0.05, 0.1) is 6.04 Å². The SMILES string of the molecule is Cc1ccc(C2=NC(C)CCN2Cc2ccccc2)cc1. The van der Waals surface area contributed by atoms with Crippen molar-refractivity contribution in [1.82, 2.24) is 4.90 Å². The standard InChI is InChI=1S/C19H22N2/c1-15-8-10-18(11-9-15)19-20-16(2)12-13-21(19)14-17-6-4-3-5-7-17/h3-11,16H,12-14H2,1-2H3. The summed E-state index contributed by atoms with van der Waals surface area (Å²) < 4.78 is 0. The lowest BCUT2D eigenvalue weighted by Crippen LogP contribution is -2.38. The molecular weight excluding hydrogens is 256 g/mol. The molecule has 2 aromatic carbocycles. The number of amidine groups is 1. The molecule has 0 N–H and O–H groups in total. The van der Waals surface area contributed by atoms with Gasteiger partial charge in [0.1, 0.15) is 5.84 Å². The molecule has 1 unspecified atom stereocenters. The number of aryl methyl sites for hydroxylation is 1. The quantitative estimate of drug-likeness (QED) is 0.827. The van der Waals surface area contributed by atoms with E-state index in [2.05, 4.69) is 73.3 Å². The van der Waals surface area contributed by atoms with Crippen LogP contribution in [0.1, 0.15) is 30.0 Å². The predicted molar refractivity (Wildman–Crippen MR) is 88.6 cm³/mol. The molecule has 1 heterocycles. The molecule has 3 rings (SSSR count). The van der Waals surface area contributed by atoms with Crippen molar-refractivity contribution >= 4 is 5.84 Å². The fourth-order valence-electron chi connectivity index (χ4n) is 2.72. The normalized spacial score (nSPS) is 18.5. The Hall–Kier alpha value is -2.09. The summed E-state index contributed by atoms with van der Waals surface area (Å²) in [7, 11) is 0. The van der Waals surface area contributed by atoms with E-state index in [-0.39, 0.29) is 0 Å². The molecule has 1 atom stereocenters. The molecule has 0 saturated carbocycles. The van der Waals surface area contributed by atoms with Crippen molar-refractivity contribution in [2.45, 2.75) is 32.9 Å². The highest BCUT2D eigenvalue weighted by atomic mass is 15.2. The van der Waals surface area contributed by atoms with E-state index in [9.17, 15) is 0 Å². The van der Waals surface area contributed by atoms with Crippen LogP contribution in [0.3, 0.4) is 0 Å². The van der Waals surface area contributed by atoms with E-state index in [0.29, 0.717) is 6.04 Å². The minimum Gasteiger partial charge on any atom is -0.352 e. The average molecular weight is 278 g/mol. The maximum absolute atomic E-state index is 4.90. The number of hydrogen-bond acceptors (Lipinski definition) is 2. The zero-order valence-electron chi connectivity index (χ0n) is 12.8. The summed E-state index contributed by atoms with van der Waals surface area (Å²) in [6.07, 6.45) is 1.13. The lowest BCUT2D eigenvalue weighted by atomic mass is 10.1. The first-order valence-electron chi connectivity index (χ1n) is 7.66. The van der Waals surface area contributed by atoms with Crippen LogP contribution in [0.5, 0.6) is 0 Å². The summed E-state index contributed by atoms with van der Waals surface area (Å²) in [4.78, 5) is 7.31. The Morgan fingerprint density at radius 2 is 1.76 bits per heavy atom. The molecule has 0 spiro atoms. The zero-order valence-corrected chi connectivity index (χ0v) is 12.8. The fourth-order valence-corrected chi connectivity index (χ4v) is 2.72. The Kier molecular flexibility index (Phi) is 4.05. The molecule has 2 heteroatoms. The second kappa shape index (κ2) is 6.13. The second-order valence-electron chi connectivity index (χ2n) is 5.86. The van der Waals surface area contributed by atoms with E-state index in [1.54, 1.807) is 0 Å². The van der Waals surface area contributed by atoms with Crippen LogP contribution in [0.2, 0.25) is 0 Å². The zero-order chi connectivity index (χ0) is 14.7. The molecule has 1 aliphatic rings. The van der Waals surface area contributed by atoms with Gasteiger partial charge in [-0.1, -0.05) is 60.2 Å². The molecule has 108 valence electrons. The Morgan fingerprint density at radius 1 is 1.05 bits per heavy atom. The van der Waals surface area contributed by atoms with Crippen LogP contribution in [0, 0.1) is 6.92 Å². The van der Waals surface area contributed by atoms with Gasteiger partial charge in [0.25, 0.3) is 0 Å². The summed E-state index contributed by atoms with van der Waals surface area (Å²) in [5.74, 6) is 1.14. The van der Waals surface area contributed by atoms with Gasteiger partial charge in [-0.3, -0.25) is 4.99 Å². The topological polar surface area (TPSA) is 15.6 Å². The highest BCUT2D eigenvalue weighted by Gasteiger charge is 2.20. The first kappa shape index (κ1) is 13.9. The fraction of sp³-hybridized carbons (Fsp3) is 0.316. The van der Waals surface area contributed by atoms with Gasteiger partial charge < -0.3 is 4.90 Å². The maximum Gasteiger partial charge on any atom is 0.131 e. The molecule has 0 radical (unpaired) electrons. The molecule has 0 aromatic heterocycles. The van der Waals surface area contributed by atoms with E-state index < -0.39 is 0 Å². The van der Waals surface area contributed by atoms with Gasteiger partial charge in [-0.05, 0) is 25.8 Å². The van der Waals surface area contributed by atoms with Crippen molar-refractivity contribution in [3.05, 3.63) is 71.3 Å². The summed E-state index contributed by atoms with van der Waals surface area (Å²) in [6, 6.07) is 19.7. The Bertz CT molecular complexity index is 614. The van der Waals surface area contributed by atoms with Gasteiger partial charge >= 0.3 is 0 Å². The molecule has 0 amide bonds. The van der Waals surface area contributed by atoms with Crippen molar-refractivity contribution in [2.75, 3.05) is 6.54 Å². The molecule has 0 aliphatic carbocycles. The largest absolute Gasteiger partial charge is 0.352 e. The van der Waals surface area contributed by atoms with Gasteiger partial charge in [-0.2, -0.15) is 0 Å². The third-order valence-electron chi connectivity index (χ3n) is 3.99. The lowest BCUT2D eigenvalue weighted by Gasteiger charge is -2.32. The van der Waals surface area contributed by atoms with Crippen molar-refractivity contribution < 1.29 is 0 Å². The smallest absolute Gasteiger partial charge is 0.131 e. The summed E-state index contributed by atoms with van der Waals surface area (Å²) in [5.41, 5.74) is 3.85. The van der Waals surface area contributed by atoms with Crippen LogP contribution in [-0.2, 0) is 6.54 Å². The molecule has 2 aromatic rings. The van der Waals surface area contributed by atoms with Crippen molar-refractivity contribution in [3.63, 3.8) is 0 Å². The Morgan fingerprint density at radius 3 is 2.48 bits per heavy atom. The number of nitrogens with zero attached hydrogens (tertiary/aromatic N) is 2. The minimum absolute atomic E-state index is 0.410. The van der Waals surface area contributed by atoms with Crippen LogP contribution >= 0.6 is 0 Å². The first-order valence-corrected chi connectivity index (χ1v) is 7.66. The minimum atomic E-state index is 0.410. The predicted octanol–water partition coefficient (Wildman–Crippen LogP) is 4.04. The van der Waals surface area contributed by atoms with E-state index in [1.165, 1.54) is 16.7 Å². The van der Waals surface area contributed by atoms with Gasteiger partial charge in [0, 0.05) is 18.7 Å². The molecule has 0 bridgehead atoms. The molecule has 2 nitrogen and oxygen atoms in total. The molecule has 0 saturated heterocycles. The van der Waals surface area contributed by atoms with Crippen LogP contribution in [0.25, 0.3) is 0 Å². The maximum atomic E-state index is 4.90. The van der Waals surface area contributed by atoms with E-state index in [1.807, 2.05) is 0 Å². The first-order chi connectivity index (χ1) is 10.2. The summed E-state index contributed by atoms with van der Waals surface area (Å²) in [6.45, 7) is 6.33. The monoisotopic (exact) mass is 278 g/mol. The van der Waals surface area contributed by atoms with Crippen LogP contribution in [0.15, 0.2) is 59.6 Å². The Labute approximate surface area is 127 Å². The number of aliphatic imine (C=N–C) groups is 1. The summed E-state index contributed by atoms with van der Waals surface area (Å²) >= 11 is 0. The molecule has 0 fully saturated rings. The van der Waals surface area contributed by atoms with Gasteiger partial charge in [-0.25, -0.2) is 0 Å². The number of benzene rings is 2. The third-order valence-corrected chi connectivity index (χ3v) is 3.99. The van der Waals surface area contributed by atoms with Crippen molar-refractivity contribution in [1.29, 1.82) is 0 Å². The van der Waals surface area contributed by atoms with E-state index in [4.69, 9.17) is 4.99 Å². The van der Waals surface area contributed by atoms with E-state index in [0.717, 1.165) is 25.3 Å². The van der Waals surface area contributed by atoms with E-state index >= 15 is 0 Å². The highest BCUT2D eigenvalue weighted by Crippen LogP contribution is 2.18. The molecular formula is C19H22N2. The van der Waals surface area contributed by atoms with Crippen LogP contribution < -0.4 is 0 Å². The molecule has 21 heavy (non-hydrogen) atoms. The third kappa shape index (κ3) is 3.33.